The lowest BCUT2D eigenvalue weighted by molar-refractivity contribution is -0.135. The van der Waals surface area contributed by atoms with Crippen molar-refractivity contribution in [3.8, 4) is 0 Å². The van der Waals surface area contributed by atoms with E-state index in [-0.39, 0.29) is 6.04 Å². The maximum atomic E-state index is 12.5. The molecule has 2 saturated heterocycles. The summed E-state index contributed by atoms with van der Waals surface area (Å²) in [6, 6.07) is 1.25. The molecule has 0 bridgehead atoms. The zero-order valence-corrected chi connectivity index (χ0v) is 10.5. The van der Waals surface area contributed by atoms with Crippen LogP contribution in [0.1, 0.15) is 32.1 Å². The summed E-state index contributed by atoms with van der Waals surface area (Å²) in [5.41, 5.74) is 0. The Bertz CT molecular complexity index is 268. The molecule has 3 nitrogen and oxygen atoms in total. The molecule has 3 fully saturated rings. The first kappa shape index (κ1) is 10.9. The van der Waals surface area contributed by atoms with Crippen LogP contribution in [-0.2, 0) is 4.79 Å². The second kappa shape index (κ2) is 4.57. The maximum Gasteiger partial charge on any atom is 0.240 e. The van der Waals surface area contributed by atoms with E-state index < -0.39 is 0 Å². The average Bonchev–Trinajstić information content (AvgIpc) is 2.83. The lowest BCUT2D eigenvalue weighted by Crippen LogP contribution is -2.49. The van der Waals surface area contributed by atoms with Gasteiger partial charge in [-0.05, 0) is 44.4 Å². The van der Waals surface area contributed by atoms with Crippen molar-refractivity contribution in [3.63, 3.8) is 0 Å². The number of carbonyl (C=O) groups is 1. The smallest absolute Gasteiger partial charge is 0.240 e. The fraction of sp³-hybridized carbons (Fsp3) is 0.917. The van der Waals surface area contributed by atoms with Crippen molar-refractivity contribution in [3.05, 3.63) is 0 Å². The Balaban J connectivity index is 1.68. The minimum Gasteiger partial charge on any atom is -0.335 e. The van der Waals surface area contributed by atoms with E-state index in [1.807, 2.05) is 11.8 Å². The SMILES string of the molecule is O=C([C@H]1CCCN1)N(C1CC1)[C@H]1CCSC1. The number of nitrogens with zero attached hydrogens (tertiary/aromatic N) is 1. The number of amides is 1. The number of nitrogens with one attached hydrogen (secondary N) is 1. The first-order chi connectivity index (χ1) is 7.86. The van der Waals surface area contributed by atoms with Crippen molar-refractivity contribution in [2.75, 3.05) is 18.1 Å². The highest BCUT2D eigenvalue weighted by Gasteiger charge is 2.41. The zero-order chi connectivity index (χ0) is 11.0. The van der Waals surface area contributed by atoms with Gasteiger partial charge in [-0.1, -0.05) is 0 Å². The highest BCUT2D eigenvalue weighted by atomic mass is 32.2. The molecule has 1 saturated carbocycles. The minimum atomic E-state index is 0.131. The van der Waals surface area contributed by atoms with Crippen LogP contribution in [0.2, 0.25) is 0 Å². The second-order valence-electron chi connectivity index (χ2n) is 5.14. The van der Waals surface area contributed by atoms with Crippen molar-refractivity contribution in [2.45, 2.75) is 50.2 Å². The predicted molar refractivity (Wildman–Crippen MR) is 66.6 cm³/mol. The summed E-state index contributed by atoms with van der Waals surface area (Å²) in [4.78, 5) is 14.7. The first-order valence-electron chi connectivity index (χ1n) is 6.49. The van der Waals surface area contributed by atoms with Crippen LogP contribution in [-0.4, -0.2) is 47.0 Å². The van der Waals surface area contributed by atoms with E-state index in [0.29, 0.717) is 18.0 Å². The molecule has 2 heterocycles. The van der Waals surface area contributed by atoms with E-state index >= 15 is 0 Å². The van der Waals surface area contributed by atoms with Crippen LogP contribution in [0.25, 0.3) is 0 Å². The number of hydrogen-bond donors (Lipinski definition) is 1. The number of hydrogen-bond acceptors (Lipinski definition) is 3. The fourth-order valence-electron chi connectivity index (χ4n) is 2.83. The van der Waals surface area contributed by atoms with E-state index in [1.54, 1.807) is 0 Å². The van der Waals surface area contributed by atoms with Gasteiger partial charge < -0.3 is 10.2 Å². The normalized spacial score (nSPS) is 34.2. The van der Waals surface area contributed by atoms with Crippen LogP contribution in [0.4, 0.5) is 0 Å². The van der Waals surface area contributed by atoms with Gasteiger partial charge in [0.25, 0.3) is 0 Å². The van der Waals surface area contributed by atoms with E-state index in [0.717, 1.165) is 25.1 Å². The monoisotopic (exact) mass is 240 g/mol. The summed E-state index contributed by atoms with van der Waals surface area (Å²) in [6.07, 6.45) is 5.88. The Morgan fingerprint density at radius 2 is 2.06 bits per heavy atom. The molecule has 0 aromatic heterocycles. The van der Waals surface area contributed by atoms with Crippen molar-refractivity contribution < 1.29 is 4.79 Å². The molecule has 3 aliphatic rings. The molecule has 1 amide bonds. The van der Waals surface area contributed by atoms with Crippen molar-refractivity contribution in [1.29, 1.82) is 0 Å². The van der Waals surface area contributed by atoms with E-state index in [9.17, 15) is 4.79 Å². The fourth-order valence-corrected chi connectivity index (χ4v) is 4.03. The zero-order valence-electron chi connectivity index (χ0n) is 9.65. The van der Waals surface area contributed by atoms with Crippen molar-refractivity contribution in [1.82, 2.24) is 10.2 Å². The van der Waals surface area contributed by atoms with Crippen LogP contribution in [0.3, 0.4) is 0 Å². The van der Waals surface area contributed by atoms with Gasteiger partial charge in [-0.25, -0.2) is 0 Å². The minimum absolute atomic E-state index is 0.131. The van der Waals surface area contributed by atoms with Crippen molar-refractivity contribution >= 4 is 17.7 Å². The molecule has 1 N–H and O–H groups in total. The summed E-state index contributed by atoms with van der Waals surface area (Å²) < 4.78 is 0. The van der Waals surface area contributed by atoms with Crippen LogP contribution < -0.4 is 5.32 Å². The molecular formula is C12H20N2OS. The third-order valence-electron chi connectivity index (χ3n) is 3.85. The highest BCUT2D eigenvalue weighted by Crippen LogP contribution is 2.34. The molecule has 3 rings (SSSR count). The van der Waals surface area contributed by atoms with Gasteiger partial charge in [0, 0.05) is 17.8 Å². The van der Waals surface area contributed by atoms with Gasteiger partial charge >= 0.3 is 0 Å². The molecule has 2 atom stereocenters. The Kier molecular flexibility index (Phi) is 3.11. The molecule has 0 aromatic carbocycles. The summed E-state index contributed by atoms with van der Waals surface area (Å²) in [5.74, 6) is 2.79. The van der Waals surface area contributed by atoms with Gasteiger partial charge in [-0.2, -0.15) is 11.8 Å². The molecule has 1 aliphatic carbocycles. The largest absolute Gasteiger partial charge is 0.335 e. The summed E-state index contributed by atoms with van der Waals surface area (Å²) in [7, 11) is 0. The first-order valence-corrected chi connectivity index (χ1v) is 7.65. The van der Waals surface area contributed by atoms with E-state index in [2.05, 4.69) is 10.2 Å². The molecule has 0 radical (unpaired) electrons. The Labute approximate surface area is 101 Å². The quantitative estimate of drug-likeness (QED) is 0.805. The van der Waals surface area contributed by atoms with Crippen LogP contribution in [0.15, 0.2) is 0 Å². The second-order valence-corrected chi connectivity index (χ2v) is 6.29. The predicted octanol–water partition coefficient (Wildman–Crippen LogP) is 1.23. The van der Waals surface area contributed by atoms with Gasteiger partial charge in [-0.15, -0.1) is 0 Å². The third-order valence-corrected chi connectivity index (χ3v) is 5.00. The van der Waals surface area contributed by atoms with E-state index in [1.165, 1.54) is 25.0 Å². The number of thioether (sulfide) groups is 1. The lowest BCUT2D eigenvalue weighted by atomic mass is 10.1. The highest BCUT2D eigenvalue weighted by molar-refractivity contribution is 7.99. The summed E-state index contributed by atoms with van der Waals surface area (Å²) in [5, 5.41) is 3.34. The molecule has 2 aliphatic heterocycles. The Hall–Kier alpha value is -0.220. The number of carbonyl (C=O) groups excluding carboxylic acids is 1. The molecule has 0 spiro atoms. The molecular weight excluding hydrogens is 220 g/mol. The van der Waals surface area contributed by atoms with Crippen molar-refractivity contribution in [2.24, 2.45) is 0 Å². The van der Waals surface area contributed by atoms with Crippen LogP contribution in [0.5, 0.6) is 0 Å². The molecule has 4 heteroatoms. The lowest BCUT2D eigenvalue weighted by Gasteiger charge is -2.31. The van der Waals surface area contributed by atoms with Gasteiger partial charge in [0.05, 0.1) is 6.04 Å². The average molecular weight is 240 g/mol. The van der Waals surface area contributed by atoms with Crippen LogP contribution in [0, 0.1) is 0 Å². The third kappa shape index (κ3) is 2.09. The topological polar surface area (TPSA) is 32.3 Å². The summed E-state index contributed by atoms with van der Waals surface area (Å²) >= 11 is 2.00. The Morgan fingerprint density at radius 3 is 2.62 bits per heavy atom. The molecule has 16 heavy (non-hydrogen) atoms. The standard InChI is InChI=1S/C12H20N2OS/c15-12(11-2-1-6-13-11)14(9-3-4-9)10-5-7-16-8-10/h9-11,13H,1-8H2/t10-,11+/m0/s1. The van der Waals surface area contributed by atoms with E-state index in [4.69, 9.17) is 0 Å². The molecule has 0 unspecified atom stereocenters. The molecule has 90 valence electrons. The van der Waals surface area contributed by atoms with Crippen LogP contribution >= 0.6 is 11.8 Å². The van der Waals surface area contributed by atoms with Gasteiger partial charge in [0.2, 0.25) is 5.91 Å². The van der Waals surface area contributed by atoms with Gasteiger partial charge in [-0.3, -0.25) is 4.79 Å². The maximum absolute atomic E-state index is 12.5. The van der Waals surface area contributed by atoms with Gasteiger partial charge in [0.1, 0.15) is 0 Å². The Morgan fingerprint density at radius 1 is 1.19 bits per heavy atom. The molecule has 0 aromatic rings. The number of rotatable bonds is 3. The van der Waals surface area contributed by atoms with Gasteiger partial charge in [0.15, 0.2) is 0 Å². The summed E-state index contributed by atoms with van der Waals surface area (Å²) in [6.45, 7) is 1.02.